The number of amides is 1. The summed E-state index contributed by atoms with van der Waals surface area (Å²) in [5.41, 5.74) is 0. The molecule has 1 amide bonds. The molecule has 1 atom stereocenters. The fraction of sp³-hybridized carbons (Fsp3) is 0.750. The van der Waals surface area contributed by atoms with Crippen molar-refractivity contribution in [2.24, 2.45) is 5.92 Å². The van der Waals surface area contributed by atoms with Crippen molar-refractivity contribution in [3.8, 4) is 0 Å². The minimum absolute atomic E-state index is 0.0291. The van der Waals surface area contributed by atoms with Crippen molar-refractivity contribution in [1.82, 2.24) is 4.90 Å². The molecule has 0 bridgehead atoms. The second-order valence-corrected chi connectivity index (χ2v) is 2.97. The molecule has 0 unspecified atom stereocenters. The zero-order chi connectivity index (χ0) is 9.14. The third-order valence-electron chi connectivity index (χ3n) is 2.17. The first-order chi connectivity index (χ1) is 5.65. The fourth-order valence-electron chi connectivity index (χ4n) is 1.41. The average molecular weight is 171 g/mol. The Labute approximate surface area is 71.5 Å². The van der Waals surface area contributed by atoms with Gasteiger partial charge in [-0.1, -0.05) is 0 Å². The van der Waals surface area contributed by atoms with Gasteiger partial charge in [0.25, 0.3) is 0 Å². The molecule has 0 aromatic carbocycles. The zero-order valence-corrected chi connectivity index (χ0v) is 7.37. The van der Waals surface area contributed by atoms with Gasteiger partial charge < -0.3 is 9.64 Å². The Balaban J connectivity index is 2.45. The summed E-state index contributed by atoms with van der Waals surface area (Å²) in [6.45, 7) is 2.71. The SMILES string of the molecule is COC(=O)[C@@H]1CCN(C(C)=O)C1. The summed E-state index contributed by atoms with van der Waals surface area (Å²) < 4.78 is 4.59. The van der Waals surface area contributed by atoms with Gasteiger partial charge in [0, 0.05) is 20.0 Å². The van der Waals surface area contributed by atoms with Gasteiger partial charge in [0.1, 0.15) is 0 Å². The summed E-state index contributed by atoms with van der Waals surface area (Å²) in [5.74, 6) is -0.293. The van der Waals surface area contributed by atoms with E-state index in [9.17, 15) is 9.59 Å². The smallest absolute Gasteiger partial charge is 0.310 e. The van der Waals surface area contributed by atoms with Gasteiger partial charge in [-0.15, -0.1) is 0 Å². The molecule has 0 radical (unpaired) electrons. The van der Waals surface area contributed by atoms with E-state index in [2.05, 4.69) is 4.74 Å². The maximum Gasteiger partial charge on any atom is 0.310 e. The number of hydrogen-bond donors (Lipinski definition) is 0. The number of rotatable bonds is 1. The van der Waals surface area contributed by atoms with Crippen molar-refractivity contribution in [1.29, 1.82) is 0 Å². The average Bonchev–Trinajstić information content (AvgIpc) is 2.51. The highest BCUT2D eigenvalue weighted by molar-refractivity contribution is 5.77. The van der Waals surface area contributed by atoms with Gasteiger partial charge in [0.2, 0.25) is 5.91 Å². The first kappa shape index (κ1) is 9.03. The molecule has 1 saturated heterocycles. The minimum Gasteiger partial charge on any atom is -0.469 e. The van der Waals surface area contributed by atoms with Crippen LogP contribution < -0.4 is 0 Å². The topological polar surface area (TPSA) is 46.6 Å². The Morgan fingerprint density at radius 1 is 1.50 bits per heavy atom. The van der Waals surface area contributed by atoms with Crippen LogP contribution >= 0.6 is 0 Å². The second kappa shape index (κ2) is 3.56. The minimum atomic E-state index is -0.209. The molecule has 12 heavy (non-hydrogen) atoms. The molecule has 0 saturated carbocycles. The zero-order valence-electron chi connectivity index (χ0n) is 7.37. The summed E-state index contributed by atoms with van der Waals surface area (Å²) in [6, 6.07) is 0. The molecule has 0 aromatic rings. The Bertz CT molecular complexity index is 202. The van der Waals surface area contributed by atoms with E-state index in [-0.39, 0.29) is 17.8 Å². The first-order valence-corrected chi connectivity index (χ1v) is 3.98. The number of nitrogens with zero attached hydrogens (tertiary/aromatic N) is 1. The van der Waals surface area contributed by atoms with Gasteiger partial charge in [0.05, 0.1) is 13.0 Å². The number of esters is 1. The van der Waals surface area contributed by atoms with Crippen LogP contribution in [0.5, 0.6) is 0 Å². The van der Waals surface area contributed by atoms with Crippen LogP contribution in [0, 0.1) is 5.92 Å². The third kappa shape index (κ3) is 1.75. The molecule has 1 fully saturated rings. The van der Waals surface area contributed by atoms with Crippen LogP contribution in [0.3, 0.4) is 0 Å². The van der Waals surface area contributed by atoms with Gasteiger partial charge in [0.15, 0.2) is 0 Å². The predicted molar refractivity (Wildman–Crippen MR) is 42.4 cm³/mol. The molecule has 0 N–H and O–H groups in total. The summed E-state index contributed by atoms with van der Waals surface area (Å²) >= 11 is 0. The van der Waals surface area contributed by atoms with E-state index in [4.69, 9.17) is 0 Å². The van der Waals surface area contributed by atoms with E-state index in [1.807, 2.05) is 0 Å². The predicted octanol–water partition coefficient (Wildman–Crippen LogP) is 0.0278. The van der Waals surface area contributed by atoms with Gasteiger partial charge >= 0.3 is 5.97 Å². The lowest BCUT2D eigenvalue weighted by atomic mass is 10.1. The summed E-state index contributed by atoms with van der Waals surface area (Å²) in [5, 5.41) is 0. The molecular weight excluding hydrogens is 158 g/mol. The normalized spacial score (nSPS) is 22.5. The van der Waals surface area contributed by atoms with Gasteiger partial charge in [-0.3, -0.25) is 9.59 Å². The van der Waals surface area contributed by atoms with E-state index in [0.717, 1.165) is 6.42 Å². The number of carbonyl (C=O) groups excluding carboxylic acids is 2. The van der Waals surface area contributed by atoms with Crippen LogP contribution in [0.4, 0.5) is 0 Å². The fourth-order valence-corrected chi connectivity index (χ4v) is 1.41. The summed E-state index contributed by atoms with van der Waals surface area (Å²) in [6.07, 6.45) is 0.728. The van der Waals surface area contributed by atoms with Crippen molar-refractivity contribution in [2.45, 2.75) is 13.3 Å². The lowest BCUT2D eigenvalue weighted by Crippen LogP contribution is -2.27. The van der Waals surface area contributed by atoms with Crippen molar-refractivity contribution in [2.75, 3.05) is 20.2 Å². The molecular formula is C8H13NO3. The number of methoxy groups -OCH3 is 1. The molecule has 1 aliphatic heterocycles. The van der Waals surface area contributed by atoms with E-state index in [1.165, 1.54) is 14.0 Å². The van der Waals surface area contributed by atoms with Crippen molar-refractivity contribution < 1.29 is 14.3 Å². The standard InChI is InChI=1S/C8H13NO3/c1-6(10)9-4-3-7(5-9)8(11)12-2/h7H,3-5H2,1-2H3/t7-/m1/s1. The van der Waals surface area contributed by atoms with Crippen molar-refractivity contribution >= 4 is 11.9 Å². The maximum absolute atomic E-state index is 11.0. The molecule has 1 aliphatic rings. The quantitative estimate of drug-likeness (QED) is 0.523. The van der Waals surface area contributed by atoms with Gasteiger partial charge in [-0.05, 0) is 6.42 Å². The summed E-state index contributed by atoms with van der Waals surface area (Å²) in [4.78, 5) is 23.6. The molecule has 0 spiro atoms. The van der Waals surface area contributed by atoms with Crippen LogP contribution in [-0.2, 0) is 14.3 Å². The number of likely N-dealkylation sites (tertiary alicyclic amines) is 1. The highest BCUT2D eigenvalue weighted by Crippen LogP contribution is 2.16. The molecule has 4 nitrogen and oxygen atoms in total. The third-order valence-corrected chi connectivity index (χ3v) is 2.17. The lowest BCUT2D eigenvalue weighted by Gasteiger charge is -2.12. The Morgan fingerprint density at radius 2 is 2.17 bits per heavy atom. The second-order valence-electron chi connectivity index (χ2n) is 2.97. The van der Waals surface area contributed by atoms with E-state index < -0.39 is 0 Å². The Morgan fingerprint density at radius 3 is 2.58 bits per heavy atom. The molecule has 0 aromatic heterocycles. The van der Waals surface area contributed by atoms with Gasteiger partial charge in [-0.25, -0.2) is 0 Å². The molecule has 0 aliphatic carbocycles. The highest BCUT2D eigenvalue weighted by atomic mass is 16.5. The highest BCUT2D eigenvalue weighted by Gasteiger charge is 2.29. The first-order valence-electron chi connectivity index (χ1n) is 3.98. The lowest BCUT2D eigenvalue weighted by molar-refractivity contribution is -0.145. The monoisotopic (exact) mass is 171 g/mol. The summed E-state index contributed by atoms with van der Waals surface area (Å²) in [7, 11) is 1.37. The number of ether oxygens (including phenoxy) is 1. The van der Waals surface area contributed by atoms with Crippen LogP contribution in [0.2, 0.25) is 0 Å². The molecule has 1 heterocycles. The molecule has 4 heteroatoms. The van der Waals surface area contributed by atoms with Gasteiger partial charge in [-0.2, -0.15) is 0 Å². The van der Waals surface area contributed by atoms with Crippen LogP contribution in [0.15, 0.2) is 0 Å². The Hall–Kier alpha value is -1.06. The van der Waals surface area contributed by atoms with E-state index >= 15 is 0 Å². The number of carbonyl (C=O) groups is 2. The van der Waals surface area contributed by atoms with Crippen LogP contribution in [0.1, 0.15) is 13.3 Å². The number of hydrogen-bond acceptors (Lipinski definition) is 3. The maximum atomic E-state index is 11.0. The molecule has 68 valence electrons. The van der Waals surface area contributed by atoms with Crippen molar-refractivity contribution in [3.63, 3.8) is 0 Å². The van der Waals surface area contributed by atoms with Crippen LogP contribution in [0.25, 0.3) is 0 Å². The largest absolute Gasteiger partial charge is 0.469 e. The Kier molecular flexibility index (Phi) is 2.68. The van der Waals surface area contributed by atoms with Crippen molar-refractivity contribution in [3.05, 3.63) is 0 Å². The van der Waals surface area contributed by atoms with E-state index in [1.54, 1.807) is 4.90 Å². The van der Waals surface area contributed by atoms with Crippen LogP contribution in [-0.4, -0.2) is 37.0 Å². The molecule has 1 rings (SSSR count). The van der Waals surface area contributed by atoms with E-state index in [0.29, 0.717) is 13.1 Å².